The molecule has 1 heterocycles. The highest BCUT2D eigenvalue weighted by atomic mass is 19.1. The van der Waals surface area contributed by atoms with Gasteiger partial charge in [0.25, 0.3) is 11.8 Å². The Morgan fingerprint density at radius 3 is 2.42 bits per heavy atom. The topological polar surface area (TPSA) is 87.7 Å². The van der Waals surface area contributed by atoms with Gasteiger partial charge in [-0.3, -0.25) is 14.5 Å². The highest BCUT2D eigenvalue weighted by Gasteiger charge is 2.33. The summed E-state index contributed by atoms with van der Waals surface area (Å²) in [6.07, 6.45) is 1.51. The smallest absolute Gasteiger partial charge is 0.329 e. The van der Waals surface area contributed by atoms with Gasteiger partial charge >= 0.3 is 6.03 Å². The minimum absolute atomic E-state index is 0.114. The van der Waals surface area contributed by atoms with Gasteiger partial charge in [-0.2, -0.15) is 0 Å². The molecule has 8 heteroatoms. The van der Waals surface area contributed by atoms with Crippen LogP contribution in [0.25, 0.3) is 6.08 Å². The van der Waals surface area contributed by atoms with Gasteiger partial charge in [0.1, 0.15) is 17.3 Å². The van der Waals surface area contributed by atoms with Crippen LogP contribution in [0.15, 0.2) is 84.6 Å². The first-order valence-electron chi connectivity index (χ1n) is 10.2. The Balaban J connectivity index is 1.43. The van der Waals surface area contributed by atoms with Gasteiger partial charge < -0.3 is 15.4 Å². The van der Waals surface area contributed by atoms with E-state index in [1.165, 1.54) is 30.3 Å². The average Bonchev–Trinajstić information content (AvgIpc) is 3.08. The first-order valence-corrected chi connectivity index (χ1v) is 10.2. The molecule has 0 atom stereocenters. The van der Waals surface area contributed by atoms with Gasteiger partial charge in [-0.05, 0) is 42.0 Å². The van der Waals surface area contributed by atoms with Gasteiger partial charge in [-0.25, -0.2) is 9.18 Å². The largest absolute Gasteiger partial charge is 0.483 e. The fourth-order valence-corrected chi connectivity index (χ4v) is 3.24. The number of hydrogen-bond donors (Lipinski definition) is 2. The molecule has 1 aliphatic heterocycles. The van der Waals surface area contributed by atoms with Crippen molar-refractivity contribution in [1.82, 2.24) is 10.2 Å². The zero-order valence-electron chi connectivity index (χ0n) is 17.5. The average molecular weight is 445 g/mol. The third-order valence-electron chi connectivity index (χ3n) is 4.85. The Morgan fingerprint density at radius 1 is 0.970 bits per heavy atom. The summed E-state index contributed by atoms with van der Waals surface area (Å²) in [5, 5.41) is 5.19. The fraction of sp³-hybridized carbons (Fsp3) is 0.0800. The molecule has 7 nitrogen and oxygen atoms in total. The summed E-state index contributed by atoms with van der Waals surface area (Å²) < 4.78 is 18.6. The number of imide groups is 1. The van der Waals surface area contributed by atoms with Crippen molar-refractivity contribution in [2.24, 2.45) is 0 Å². The zero-order valence-corrected chi connectivity index (χ0v) is 17.5. The van der Waals surface area contributed by atoms with E-state index in [1.54, 1.807) is 24.3 Å². The SMILES string of the molecule is O=C(COc1ccccc1/C=C1/NC(=O)N(Cc2ccccc2)C1=O)Nc1ccc(F)cc1. The molecule has 4 amide bonds. The van der Waals surface area contributed by atoms with Crippen molar-refractivity contribution in [3.05, 3.63) is 102 Å². The second-order valence-electron chi connectivity index (χ2n) is 7.25. The summed E-state index contributed by atoms with van der Waals surface area (Å²) in [6, 6.07) is 20.9. The number of para-hydroxylation sites is 1. The van der Waals surface area contributed by atoms with Crippen molar-refractivity contribution in [3.63, 3.8) is 0 Å². The van der Waals surface area contributed by atoms with E-state index in [4.69, 9.17) is 4.74 Å². The molecule has 1 aliphatic rings. The number of ether oxygens (including phenoxy) is 1. The molecule has 4 rings (SSSR count). The van der Waals surface area contributed by atoms with E-state index >= 15 is 0 Å². The van der Waals surface area contributed by atoms with Gasteiger partial charge in [-0.15, -0.1) is 0 Å². The minimum atomic E-state index is -0.507. The van der Waals surface area contributed by atoms with Crippen LogP contribution in [0, 0.1) is 5.82 Å². The summed E-state index contributed by atoms with van der Waals surface area (Å²) in [5.41, 5.74) is 1.91. The summed E-state index contributed by atoms with van der Waals surface area (Å²) in [4.78, 5) is 38.4. The number of nitrogens with zero attached hydrogens (tertiary/aromatic N) is 1. The molecule has 166 valence electrons. The van der Waals surface area contributed by atoms with Crippen LogP contribution in [0.4, 0.5) is 14.9 Å². The normalized spacial score (nSPS) is 14.3. The molecule has 0 aromatic heterocycles. The molecule has 2 N–H and O–H groups in total. The van der Waals surface area contributed by atoms with Crippen LogP contribution in [0.1, 0.15) is 11.1 Å². The fourth-order valence-electron chi connectivity index (χ4n) is 3.24. The van der Waals surface area contributed by atoms with Crippen molar-refractivity contribution in [2.75, 3.05) is 11.9 Å². The van der Waals surface area contributed by atoms with Crippen molar-refractivity contribution in [1.29, 1.82) is 0 Å². The molecule has 0 aliphatic carbocycles. The van der Waals surface area contributed by atoms with Crippen molar-refractivity contribution in [3.8, 4) is 5.75 Å². The number of carbonyl (C=O) groups is 3. The molecule has 0 radical (unpaired) electrons. The van der Waals surface area contributed by atoms with E-state index in [-0.39, 0.29) is 18.8 Å². The van der Waals surface area contributed by atoms with E-state index < -0.39 is 23.7 Å². The number of rotatable bonds is 7. The molecule has 0 bridgehead atoms. The second kappa shape index (κ2) is 9.78. The first kappa shape index (κ1) is 21.8. The number of anilines is 1. The second-order valence-corrected chi connectivity index (χ2v) is 7.25. The highest BCUT2D eigenvalue weighted by molar-refractivity contribution is 6.14. The summed E-state index contributed by atoms with van der Waals surface area (Å²) in [7, 11) is 0. The lowest BCUT2D eigenvalue weighted by Crippen LogP contribution is -2.30. The maximum absolute atomic E-state index is 13.0. The molecule has 33 heavy (non-hydrogen) atoms. The van der Waals surface area contributed by atoms with E-state index in [9.17, 15) is 18.8 Å². The van der Waals surface area contributed by atoms with Crippen molar-refractivity contribution in [2.45, 2.75) is 6.54 Å². The van der Waals surface area contributed by atoms with E-state index in [1.807, 2.05) is 30.3 Å². The molecule has 1 saturated heterocycles. The van der Waals surface area contributed by atoms with Crippen LogP contribution in [-0.2, 0) is 16.1 Å². The lowest BCUT2D eigenvalue weighted by Gasteiger charge is -2.11. The molecule has 1 fully saturated rings. The molecular formula is C25H20FN3O4. The van der Waals surface area contributed by atoms with Gasteiger partial charge in [0.05, 0.1) is 6.54 Å². The van der Waals surface area contributed by atoms with Crippen LogP contribution >= 0.6 is 0 Å². The lowest BCUT2D eigenvalue weighted by molar-refractivity contribution is -0.123. The van der Waals surface area contributed by atoms with Gasteiger partial charge in [0, 0.05) is 11.3 Å². The molecule has 3 aromatic carbocycles. The number of hydrogen-bond acceptors (Lipinski definition) is 4. The molecule has 0 unspecified atom stereocenters. The van der Waals surface area contributed by atoms with Crippen LogP contribution < -0.4 is 15.4 Å². The quantitative estimate of drug-likeness (QED) is 0.426. The minimum Gasteiger partial charge on any atom is -0.483 e. The van der Waals surface area contributed by atoms with Crippen molar-refractivity contribution >= 4 is 29.6 Å². The van der Waals surface area contributed by atoms with Crippen LogP contribution in [-0.4, -0.2) is 29.4 Å². The Hall–Kier alpha value is -4.46. The molecule has 0 saturated carbocycles. The van der Waals surface area contributed by atoms with Crippen LogP contribution in [0.2, 0.25) is 0 Å². The predicted molar refractivity (Wildman–Crippen MR) is 120 cm³/mol. The van der Waals surface area contributed by atoms with Gasteiger partial charge in [-0.1, -0.05) is 48.5 Å². The Morgan fingerprint density at radius 2 is 1.67 bits per heavy atom. The predicted octanol–water partition coefficient (Wildman–Crippen LogP) is 3.94. The lowest BCUT2D eigenvalue weighted by atomic mass is 10.1. The third kappa shape index (κ3) is 5.43. The number of benzene rings is 3. The van der Waals surface area contributed by atoms with E-state index in [0.29, 0.717) is 17.0 Å². The van der Waals surface area contributed by atoms with Gasteiger partial charge in [0.15, 0.2) is 6.61 Å². The summed E-state index contributed by atoms with van der Waals surface area (Å²) in [5.74, 6) is -0.916. The molecule has 0 spiro atoms. The monoisotopic (exact) mass is 445 g/mol. The third-order valence-corrected chi connectivity index (χ3v) is 4.85. The maximum Gasteiger partial charge on any atom is 0.329 e. The molecular weight excluding hydrogens is 425 g/mol. The Labute approximate surface area is 189 Å². The zero-order chi connectivity index (χ0) is 23.2. The van der Waals surface area contributed by atoms with Gasteiger partial charge in [0.2, 0.25) is 0 Å². The van der Waals surface area contributed by atoms with Crippen LogP contribution in [0.5, 0.6) is 5.75 Å². The first-order chi connectivity index (χ1) is 16.0. The number of amides is 4. The summed E-state index contributed by atoms with van der Waals surface area (Å²) >= 11 is 0. The number of nitrogens with one attached hydrogen (secondary N) is 2. The Kier molecular flexibility index (Phi) is 6.45. The molecule has 3 aromatic rings. The standard InChI is InChI=1S/C25H20FN3O4/c26-19-10-12-20(13-11-19)27-23(30)16-33-22-9-5-4-8-18(22)14-21-24(31)29(25(32)28-21)15-17-6-2-1-3-7-17/h1-14H,15-16H2,(H,27,30)(H,28,32)/b21-14+. The summed E-state index contributed by atoms with van der Waals surface area (Å²) in [6.45, 7) is -0.136. The van der Waals surface area contributed by atoms with Crippen LogP contribution in [0.3, 0.4) is 0 Å². The number of carbonyl (C=O) groups excluding carboxylic acids is 3. The van der Waals surface area contributed by atoms with Crippen molar-refractivity contribution < 1.29 is 23.5 Å². The maximum atomic E-state index is 13.0. The Bertz CT molecular complexity index is 1210. The number of halogens is 1. The van der Waals surface area contributed by atoms with E-state index in [0.717, 1.165) is 10.5 Å². The van der Waals surface area contributed by atoms with E-state index in [2.05, 4.69) is 10.6 Å². The number of urea groups is 1. The highest BCUT2D eigenvalue weighted by Crippen LogP contribution is 2.23.